The van der Waals surface area contributed by atoms with Gasteiger partial charge in [0.1, 0.15) is 0 Å². The summed E-state index contributed by atoms with van der Waals surface area (Å²) in [6.45, 7) is 4.26. The van der Waals surface area contributed by atoms with Crippen LogP contribution >= 0.6 is 11.8 Å². The van der Waals surface area contributed by atoms with Crippen LogP contribution in [0.1, 0.15) is 31.7 Å². The lowest BCUT2D eigenvalue weighted by atomic mass is 10.0. The van der Waals surface area contributed by atoms with E-state index in [0.29, 0.717) is 12.3 Å². The fourth-order valence-electron chi connectivity index (χ4n) is 1.59. The summed E-state index contributed by atoms with van der Waals surface area (Å²) < 4.78 is 0. The molecule has 0 heterocycles. The third-order valence-electron chi connectivity index (χ3n) is 2.79. The zero-order chi connectivity index (χ0) is 13.5. The Morgan fingerprint density at radius 1 is 1.44 bits per heavy atom. The highest BCUT2D eigenvalue weighted by molar-refractivity contribution is 7.98. The van der Waals surface area contributed by atoms with E-state index in [-0.39, 0.29) is 5.91 Å². The van der Waals surface area contributed by atoms with E-state index in [1.165, 1.54) is 5.56 Å². The molecule has 0 fully saturated rings. The van der Waals surface area contributed by atoms with Crippen molar-refractivity contribution in [1.82, 2.24) is 0 Å². The zero-order valence-corrected chi connectivity index (χ0v) is 12.1. The number of amides is 1. The van der Waals surface area contributed by atoms with Crippen molar-refractivity contribution >= 4 is 23.4 Å². The second-order valence-corrected chi connectivity index (χ2v) is 5.64. The van der Waals surface area contributed by atoms with Crippen molar-refractivity contribution in [2.24, 2.45) is 5.73 Å². The predicted octanol–water partition coefficient (Wildman–Crippen LogP) is 2.83. The number of thioether (sulfide) groups is 1. The summed E-state index contributed by atoms with van der Waals surface area (Å²) in [6.07, 6.45) is 2.72. The topological polar surface area (TPSA) is 55.1 Å². The molecule has 0 aromatic heterocycles. The van der Waals surface area contributed by atoms with Crippen molar-refractivity contribution in [2.75, 3.05) is 17.3 Å². The Balaban J connectivity index is 2.61. The van der Waals surface area contributed by atoms with Gasteiger partial charge in [-0.25, -0.2) is 0 Å². The molecular formula is C14H22N2OS. The molecule has 1 atom stereocenters. The summed E-state index contributed by atoms with van der Waals surface area (Å²) in [6, 6.07) is 7.49. The van der Waals surface area contributed by atoms with Crippen LogP contribution in [-0.4, -0.2) is 24.0 Å². The van der Waals surface area contributed by atoms with Gasteiger partial charge in [-0.05, 0) is 42.0 Å². The minimum absolute atomic E-state index is 0.107. The smallest absolute Gasteiger partial charge is 0.241 e. The van der Waals surface area contributed by atoms with Gasteiger partial charge < -0.3 is 11.1 Å². The first-order valence-corrected chi connectivity index (χ1v) is 7.59. The molecule has 0 radical (unpaired) electrons. The number of carbonyl (C=O) groups excluding carboxylic acids is 1. The van der Waals surface area contributed by atoms with Gasteiger partial charge in [0.25, 0.3) is 0 Å². The first-order chi connectivity index (χ1) is 8.54. The van der Waals surface area contributed by atoms with Crippen LogP contribution in [0.2, 0.25) is 0 Å². The Labute approximate surface area is 114 Å². The minimum atomic E-state index is -0.430. The van der Waals surface area contributed by atoms with Crippen molar-refractivity contribution < 1.29 is 4.79 Å². The van der Waals surface area contributed by atoms with Gasteiger partial charge in [-0.2, -0.15) is 11.8 Å². The molecule has 1 amide bonds. The van der Waals surface area contributed by atoms with Crippen LogP contribution < -0.4 is 11.1 Å². The van der Waals surface area contributed by atoms with Crippen molar-refractivity contribution in [3.8, 4) is 0 Å². The molecular weight excluding hydrogens is 244 g/mol. The van der Waals surface area contributed by atoms with Crippen LogP contribution in [0.5, 0.6) is 0 Å². The quantitative estimate of drug-likeness (QED) is 0.832. The van der Waals surface area contributed by atoms with E-state index in [0.717, 1.165) is 11.4 Å². The van der Waals surface area contributed by atoms with Crippen molar-refractivity contribution in [3.05, 3.63) is 29.8 Å². The summed E-state index contributed by atoms with van der Waals surface area (Å²) in [4.78, 5) is 11.9. The van der Waals surface area contributed by atoms with Gasteiger partial charge in [0.15, 0.2) is 0 Å². The molecule has 18 heavy (non-hydrogen) atoms. The van der Waals surface area contributed by atoms with Crippen LogP contribution in [0.4, 0.5) is 5.69 Å². The molecule has 0 unspecified atom stereocenters. The Hall–Kier alpha value is -1.00. The molecule has 0 aliphatic carbocycles. The largest absolute Gasteiger partial charge is 0.325 e. The van der Waals surface area contributed by atoms with Crippen LogP contribution in [-0.2, 0) is 4.79 Å². The maximum Gasteiger partial charge on any atom is 0.241 e. The first-order valence-electron chi connectivity index (χ1n) is 6.20. The Morgan fingerprint density at radius 3 is 2.78 bits per heavy atom. The molecule has 1 aromatic carbocycles. The van der Waals surface area contributed by atoms with E-state index in [1.807, 2.05) is 24.5 Å². The predicted molar refractivity (Wildman–Crippen MR) is 80.1 cm³/mol. The van der Waals surface area contributed by atoms with Crippen LogP contribution in [0.25, 0.3) is 0 Å². The number of hydrogen-bond donors (Lipinski definition) is 2. The summed E-state index contributed by atoms with van der Waals surface area (Å²) in [5.74, 6) is 1.25. The molecule has 4 heteroatoms. The maximum atomic E-state index is 11.9. The van der Waals surface area contributed by atoms with E-state index in [4.69, 9.17) is 5.73 Å². The van der Waals surface area contributed by atoms with Crippen LogP contribution in [0, 0.1) is 0 Å². The Bertz CT molecular complexity index is 393. The third-order valence-corrected chi connectivity index (χ3v) is 3.43. The second kappa shape index (κ2) is 7.44. The molecule has 0 aliphatic rings. The van der Waals surface area contributed by atoms with E-state index in [2.05, 4.69) is 25.2 Å². The second-order valence-electron chi connectivity index (χ2n) is 4.66. The number of rotatable bonds is 6. The molecule has 3 nitrogen and oxygen atoms in total. The lowest BCUT2D eigenvalue weighted by Gasteiger charge is -2.13. The molecule has 1 rings (SSSR count). The summed E-state index contributed by atoms with van der Waals surface area (Å²) in [7, 11) is 0. The van der Waals surface area contributed by atoms with Gasteiger partial charge in [-0.3, -0.25) is 4.79 Å². The molecule has 0 saturated carbocycles. The average Bonchev–Trinajstić information content (AvgIpc) is 2.36. The molecule has 3 N–H and O–H groups in total. The molecule has 0 aliphatic heterocycles. The normalized spacial score (nSPS) is 12.5. The fourth-order valence-corrected chi connectivity index (χ4v) is 2.08. The van der Waals surface area contributed by atoms with Crippen LogP contribution in [0.15, 0.2) is 24.3 Å². The molecule has 100 valence electrons. The number of benzene rings is 1. The Kier molecular flexibility index (Phi) is 6.22. The number of carbonyl (C=O) groups is 1. The van der Waals surface area contributed by atoms with Gasteiger partial charge in [0.05, 0.1) is 6.04 Å². The third kappa shape index (κ3) is 4.70. The van der Waals surface area contributed by atoms with Crippen molar-refractivity contribution in [1.29, 1.82) is 0 Å². The molecule has 0 bridgehead atoms. The highest BCUT2D eigenvalue weighted by atomic mass is 32.2. The lowest BCUT2D eigenvalue weighted by Crippen LogP contribution is -2.36. The van der Waals surface area contributed by atoms with E-state index in [9.17, 15) is 4.79 Å². The van der Waals surface area contributed by atoms with Crippen LogP contribution in [0.3, 0.4) is 0 Å². The number of hydrogen-bond acceptors (Lipinski definition) is 3. The van der Waals surface area contributed by atoms with Gasteiger partial charge in [-0.1, -0.05) is 26.0 Å². The zero-order valence-electron chi connectivity index (χ0n) is 11.3. The summed E-state index contributed by atoms with van der Waals surface area (Å²) >= 11 is 1.70. The monoisotopic (exact) mass is 266 g/mol. The molecule has 0 saturated heterocycles. The SMILES string of the molecule is CSCC[C@@H](N)C(=O)Nc1cccc(C(C)C)c1. The van der Waals surface area contributed by atoms with Gasteiger partial charge in [-0.15, -0.1) is 0 Å². The van der Waals surface area contributed by atoms with Crippen molar-refractivity contribution in [3.63, 3.8) is 0 Å². The molecule has 1 aromatic rings. The lowest BCUT2D eigenvalue weighted by molar-refractivity contribution is -0.117. The standard InChI is InChI=1S/C14H22N2OS/c1-10(2)11-5-4-6-12(9-11)16-14(17)13(15)7-8-18-3/h4-6,9-10,13H,7-8,15H2,1-3H3,(H,16,17)/t13-/m1/s1. The minimum Gasteiger partial charge on any atom is -0.325 e. The maximum absolute atomic E-state index is 11.9. The van der Waals surface area contributed by atoms with Gasteiger partial charge >= 0.3 is 0 Å². The highest BCUT2D eigenvalue weighted by Gasteiger charge is 2.13. The summed E-state index contributed by atoms with van der Waals surface area (Å²) in [5.41, 5.74) is 7.86. The number of anilines is 1. The average molecular weight is 266 g/mol. The van der Waals surface area contributed by atoms with Crippen molar-refractivity contribution in [2.45, 2.75) is 32.2 Å². The fraction of sp³-hybridized carbons (Fsp3) is 0.500. The number of nitrogens with one attached hydrogen (secondary N) is 1. The number of nitrogens with two attached hydrogens (primary N) is 1. The van der Waals surface area contributed by atoms with E-state index < -0.39 is 6.04 Å². The van der Waals surface area contributed by atoms with Gasteiger partial charge in [0.2, 0.25) is 5.91 Å². The Morgan fingerprint density at radius 2 is 2.17 bits per heavy atom. The first kappa shape index (κ1) is 15.1. The summed E-state index contributed by atoms with van der Waals surface area (Å²) in [5, 5.41) is 2.87. The van der Waals surface area contributed by atoms with E-state index in [1.54, 1.807) is 11.8 Å². The van der Waals surface area contributed by atoms with E-state index >= 15 is 0 Å². The van der Waals surface area contributed by atoms with Gasteiger partial charge in [0, 0.05) is 5.69 Å². The molecule has 0 spiro atoms. The highest BCUT2D eigenvalue weighted by Crippen LogP contribution is 2.18.